The number of nitrogens with zero attached hydrogens (tertiary/aromatic N) is 3. The Morgan fingerprint density at radius 1 is 0.958 bits per heavy atom. The molecule has 1 aromatic rings. The Balaban J connectivity index is 2.27. The molecule has 24 heteroatoms. The van der Waals surface area contributed by atoms with E-state index < -0.39 is 126 Å². The second kappa shape index (κ2) is 28.7. The van der Waals surface area contributed by atoms with Crippen molar-refractivity contribution in [1.29, 1.82) is 0 Å². The van der Waals surface area contributed by atoms with E-state index in [1.807, 2.05) is 6.92 Å². The Bertz CT molecular complexity index is 2120. The number of likely N-dealkylation sites (N-methyl/N-ethyl adjacent to an activating group) is 1. The van der Waals surface area contributed by atoms with Gasteiger partial charge in [-0.05, 0) is 75.0 Å². The molecule has 7 amide bonds. The van der Waals surface area contributed by atoms with Crippen LogP contribution in [0.15, 0.2) is 23.2 Å². The van der Waals surface area contributed by atoms with Gasteiger partial charge in [0.25, 0.3) is 0 Å². The van der Waals surface area contributed by atoms with E-state index in [9.17, 15) is 53.4 Å². The van der Waals surface area contributed by atoms with Crippen LogP contribution in [-0.2, 0) is 54.3 Å². The SMILES string of the molecule is CCCCCC(=O)N[C@@H](CCC(=O)O)C(=O)N[C@@H]1C(=O)N[C@@H](CCCN=C(N)N)C(=O)N[C@H]2CC[C@@H](O)N(C2=O)[C@@H]([C@@H](C)CC)C(=O)N(C)[C@@H](Cc2ccc(OC)c(Cl)c2)C(=O)N[C@@H](C(C)C)C(=O)O[C@@H]1C. The van der Waals surface area contributed by atoms with Crippen LogP contribution >= 0.6 is 11.6 Å². The molecule has 0 aromatic heterocycles. The topological polar surface area (TPSA) is 344 Å². The number of aliphatic hydroxyl groups is 1. The number of unbranched alkanes of at least 4 members (excludes halogenated alkanes) is 2. The number of methoxy groups -OCH3 is 1. The van der Waals surface area contributed by atoms with Crippen LogP contribution in [0.5, 0.6) is 5.75 Å². The Hall–Kier alpha value is -6.23. The summed E-state index contributed by atoms with van der Waals surface area (Å²) in [5.41, 5.74) is 11.5. The zero-order valence-electron chi connectivity index (χ0n) is 42.5. The summed E-state index contributed by atoms with van der Waals surface area (Å²) in [6.07, 6.45) is -2.06. The highest BCUT2D eigenvalue weighted by atomic mass is 35.5. The van der Waals surface area contributed by atoms with E-state index in [0.717, 1.165) is 16.2 Å². The molecular weight excluding hydrogens is 960 g/mol. The first kappa shape index (κ1) is 60.1. The van der Waals surface area contributed by atoms with Gasteiger partial charge in [0.05, 0.1) is 12.1 Å². The number of carboxylic acid groups (broad SMARTS) is 1. The molecule has 0 spiro atoms. The third kappa shape index (κ3) is 17.2. The van der Waals surface area contributed by atoms with Crippen LogP contribution in [0.1, 0.15) is 118 Å². The maximum absolute atomic E-state index is 15.0. The number of carboxylic acids is 1. The summed E-state index contributed by atoms with van der Waals surface area (Å²) in [7, 11) is 2.78. The molecule has 2 fully saturated rings. The number of aliphatic imine (C=N–C) groups is 1. The van der Waals surface area contributed by atoms with Crippen LogP contribution in [0.25, 0.3) is 0 Å². The van der Waals surface area contributed by atoms with Crippen molar-refractivity contribution in [2.24, 2.45) is 28.3 Å². The summed E-state index contributed by atoms with van der Waals surface area (Å²) < 4.78 is 11.2. The lowest BCUT2D eigenvalue weighted by Gasteiger charge is -2.44. The van der Waals surface area contributed by atoms with Crippen LogP contribution in [0, 0.1) is 11.8 Å². The van der Waals surface area contributed by atoms with E-state index in [4.69, 9.17) is 32.5 Å². The highest BCUT2D eigenvalue weighted by Gasteiger charge is 2.47. The van der Waals surface area contributed by atoms with Crippen LogP contribution in [-0.4, -0.2) is 155 Å². The summed E-state index contributed by atoms with van der Waals surface area (Å²) in [6.45, 7) is 9.89. The Morgan fingerprint density at radius 2 is 1.65 bits per heavy atom. The van der Waals surface area contributed by atoms with E-state index in [0.29, 0.717) is 30.6 Å². The fourth-order valence-electron chi connectivity index (χ4n) is 8.42. The number of guanidine groups is 1. The monoisotopic (exact) mass is 1030 g/mol. The van der Waals surface area contributed by atoms with E-state index in [-0.39, 0.29) is 62.5 Å². The molecule has 1 aromatic carbocycles. The lowest BCUT2D eigenvalue weighted by Crippen LogP contribution is -2.66. The number of esters is 1. The number of nitrogens with one attached hydrogen (secondary N) is 5. The van der Waals surface area contributed by atoms with Gasteiger partial charge in [0, 0.05) is 32.9 Å². The van der Waals surface area contributed by atoms with Crippen LogP contribution in [0.2, 0.25) is 5.02 Å². The molecule has 2 saturated heterocycles. The van der Waals surface area contributed by atoms with Crippen LogP contribution in [0.3, 0.4) is 0 Å². The number of fused-ring (bicyclic) bond motifs is 2. The van der Waals surface area contributed by atoms with Gasteiger partial charge in [-0.1, -0.05) is 71.5 Å². The lowest BCUT2D eigenvalue weighted by molar-refractivity contribution is -0.168. The molecule has 0 unspecified atom stereocenters. The normalized spacial score (nSPS) is 24.5. The number of nitrogens with two attached hydrogens (primary N) is 2. The van der Waals surface area contributed by atoms with Crippen molar-refractivity contribution >= 4 is 70.8 Å². The lowest BCUT2D eigenvalue weighted by atomic mass is 9.91. The third-order valence-electron chi connectivity index (χ3n) is 12.9. The second-order valence-corrected chi connectivity index (χ2v) is 19.1. The number of hydrogen-bond acceptors (Lipinski definition) is 13. The van der Waals surface area contributed by atoms with Gasteiger partial charge >= 0.3 is 11.9 Å². The van der Waals surface area contributed by atoms with Gasteiger partial charge < -0.3 is 67.5 Å². The number of aliphatic hydroxyl groups excluding tert-OH is 1. The van der Waals surface area contributed by atoms with Crippen LogP contribution in [0.4, 0.5) is 0 Å². The Labute approximate surface area is 425 Å². The number of rotatable bonds is 20. The minimum absolute atomic E-state index is 0.00271. The first-order valence-corrected chi connectivity index (χ1v) is 24.9. The summed E-state index contributed by atoms with van der Waals surface area (Å²) in [5, 5.41) is 34.2. The maximum atomic E-state index is 15.0. The number of cyclic esters (lactones) is 1. The molecule has 402 valence electrons. The predicted octanol–water partition coefficient (Wildman–Crippen LogP) is 0.598. The zero-order chi connectivity index (χ0) is 54.0. The largest absolute Gasteiger partial charge is 0.495 e. The van der Waals surface area contributed by atoms with Crippen molar-refractivity contribution in [3.8, 4) is 5.75 Å². The standard InChI is InChI=1S/C48H75ClN10O13/c1-9-11-12-15-35(60)53-31(18-21-37(62)63)42(65)57-39-27(6)72-47(70)38(25(3)4)56-43(66)33(24-28-16-19-34(71-8)29(49)23-28)58(7)46(69)40(26(5)10-2)59-36(61)20-17-32(45(59)68)55-41(64)30(54-44(39)67)14-13-22-52-48(50)51/h16,19,23,25-27,30-33,36,38-40,61H,9-15,17-18,20-22,24H2,1-8H3,(H,53,60)(H,54,67)(H,55,64)(H,56,66)(H,57,65)(H,62,63)(H4,50,51,52)/t26-,27+,30-,31-,32-,33-,36+,38-,39-,40-/m0/s1. The van der Waals surface area contributed by atoms with Crippen molar-refractivity contribution in [2.45, 2.75) is 173 Å². The Kier molecular flexibility index (Phi) is 24.0. The van der Waals surface area contributed by atoms with Gasteiger partial charge in [-0.3, -0.25) is 43.3 Å². The fraction of sp³-hybridized carbons (Fsp3) is 0.667. The molecule has 2 bridgehead atoms. The van der Waals surface area contributed by atoms with Crippen molar-refractivity contribution in [2.75, 3.05) is 20.7 Å². The maximum Gasteiger partial charge on any atom is 0.329 e. The summed E-state index contributed by atoms with van der Waals surface area (Å²) >= 11 is 6.49. The number of aliphatic carboxylic acids is 1. The number of carbonyl (C=O) groups excluding carboxylic acids is 8. The number of carbonyl (C=O) groups is 9. The molecule has 11 N–H and O–H groups in total. The van der Waals surface area contributed by atoms with Gasteiger partial charge in [0.1, 0.15) is 60.4 Å². The quantitative estimate of drug-likeness (QED) is 0.0374. The van der Waals surface area contributed by atoms with Crippen LogP contribution < -0.4 is 42.8 Å². The first-order chi connectivity index (χ1) is 33.9. The number of halogens is 1. The summed E-state index contributed by atoms with van der Waals surface area (Å²) in [4.78, 5) is 132. The van der Waals surface area contributed by atoms with E-state index in [2.05, 4.69) is 31.6 Å². The summed E-state index contributed by atoms with van der Waals surface area (Å²) in [6, 6.07) is -5.58. The van der Waals surface area contributed by atoms with Crippen molar-refractivity contribution < 1.29 is 62.8 Å². The molecule has 0 aliphatic carbocycles. The summed E-state index contributed by atoms with van der Waals surface area (Å²) in [5.74, 6) is -9.47. The average Bonchev–Trinajstić information content (AvgIpc) is 3.32. The van der Waals surface area contributed by atoms with Gasteiger partial charge in [-0.2, -0.15) is 0 Å². The van der Waals surface area contributed by atoms with Gasteiger partial charge in [-0.25, -0.2) is 4.79 Å². The van der Waals surface area contributed by atoms with E-state index in [1.165, 1.54) is 21.1 Å². The number of piperidine rings is 1. The number of ether oxygens (including phenoxy) is 2. The molecule has 72 heavy (non-hydrogen) atoms. The number of amides is 7. The second-order valence-electron chi connectivity index (χ2n) is 18.7. The minimum atomic E-state index is -1.83. The predicted molar refractivity (Wildman–Crippen MR) is 265 cm³/mol. The Morgan fingerprint density at radius 3 is 2.25 bits per heavy atom. The van der Waals surface area contributed by atoms with Gasteiger partial charge in [0.15, 0.2) is 5.96 Å². The number of hydrogen-bond donors (Lipinski definition) is 9. The fourth-order valence-corrected chi connectivity index (χ4v) is 8.70. The van der Waals surface area contributed by atoms with E-state index in [1.54, 1.807) is 45.9 Å². The molecule has 2 aliphatic heterocycles. The minimum Gasteiger partial charge on any atom is -0.495 e. The molecule has 23 nitrogen and oxygen atoms in total. The molecule has 10 atom stereocenters. The molecule has 0 saturated carbocycles. The molecular formula is C48H75ClN10O13. The highest BCUT2D eigenvalue weighted by molar-refractivity contribution is 6.32. The van der Waals surface area contributed by atoms with E-state index >= 15 is 0 Å². The van der Waals surface area contributed by atoms with Crippen molar-refractivity contribution in [3.63, 3.8) is 0 Å². The van der Waals surface area contributed by atoms with Gasteiger partial charge in [-0.15, -0.1) is 0 Å². The molecule has 0 radical (unpaired) electrons. The molecule has 3 rings (SSSR count). The number of benzene rings is 1. The average molecular weight is 1040 g/mol. The smallest absolute Gasteiger partial charge is 0.329 e. The molecule has 2 aliphatic rings. The third-order valence-corrected chi connectivity index (χ3v) is 13.2. The first-order valence-electron chi connectivity index (χ1n) is 24.5. The van der Waals surface area contributed by atoms with Gasteiger partial charge in [0.2, 0.25) is 41.4 Å². The zero-order valence-corrected chi connectivity index (χ0v) is 43.3. The van der Waals surface area contributed by atoms with Crippen molar-refractivity contribution in [1.82, 2.24) is 36.4 Å². The highest BCUT2D eigenvalue weighted by Crippen LogP contribution is 2.29. The van der Waals surface area contributed by atoms with Crippen molar-refractivity contribution in [3.05, 3.63) is 28.8 Å². The molecule has 2 heterocycles.